The van der Waals surface area contributed by atoms with Gasteiger partial charge in [0.15, 0.2) is 0 Å². The van der Waals surface area contributed by atoms with E-state index in [4.69, 9.17) is 4.74 Å². The summed E-state index contributed by atoms with van der Waals surface area (Å²) in [4.78, 5) is 44.0. The first-order valence-electron chi connectivity index (χ1n) is 7.40. The van der Waals surface area contributed by atoms with Crippen LogP contribution in [0.1, 0.15) is 25.8 Å². The first kappa shape index (κ1) is 20.5. The van der Waals surface area contributed by atoms with Crippen LogP contribution < -0.4 is 0 Å². The lowest BCUT2D eigenvalue weighted by molar-refractivity contribution is -0.394. The molecule has 11 heteroatoms. The summed E-state index contributed by atoms with van der Waals surface area (Å²) in [5, 5.41) is 32.2. The monoisotopic (exact) mass is 368 g/mol. The number of aliphatic hydroxyl groups is 1. The highest BCUT2D eigenvalue weighted by Gasteiger charge is 2.29. The van der Waals surface area contributed by atoms with Crippen molar-refractivity contribution in [2.75, 3.05) is 13.2 Å². The van der Waals surface area contributed by atoms with E-state index in [1.807, 2.05) is 0 Å². The Morgan fingerprint density at radius 2 is 1.69 bits per heavy atom. The van der Waals surface area contributed by atoms with Crippen molar-refractivity contribution in [2.45, 2.75) is 20.3 Å². The third-order valence-corrected chi connectivity index (χ3v) is 3.04. The van der Waals surface area contributed by atoms with Gasteiger partial charge in [-0.3, -0.25) is 25.0 Å². The molecule has 0 aliphatic rings. The molecule has 1 aromatic carbocycles. The molecule has 0 aliphatic heterocycles. The van der Waals surface area contributed by atoms with Gasteiger partial charge >= 0.3 is 11.9 Å². The van der Waals surface area contributed by atoms with E-state index in [2.05, 4.69) is 4.74 Å². The summed E-state index contributed by atoms with van der Waals surface area (Å²) in [6.45, 7) is 2.93. The number of carbonyl (C=O) groups is 2. The molecular formula is C15H16N2O9. The van der Waals surface area contributed by atoms with E-state index < -0.39 is 56.5 Å². The van der Waals surface area contributed by atoms with Gasteiger partial charge in [0.2, 0.25) is 0 Å². The molecule has 0 fully saturated rings. The molecule has 1 aromatic rings. The minimum absolute atomic E-state index is 0.0263. The van der Waals surface area contributed by atoms with E-state index in [0.717, 1.165) is 12.1 Å². The van der Waals surface area contributed by atoms with Crippen LogP contribution in [0.2, 0.25) is 0 Å². The van der Waals surface area contributed by atoms with E-state index in [-0.39, 0.29) is 13.2 Å². The molecule has 0 saturated heterocycles. The van der Waals surface area contributed by atoms with Crippen molar-refractivity contribution in [3.8, 4) is 0 Å². The molecule has 1 rings (SSSR count). The van der Waals surface area contributed by atoms with Crippen LogP contribution in [-0.4, -0.2) is 40.1 Å². The second-order valence-corrected chi connectivity index (χ2v) is 4.74. The average molecular weight is 368 g/mol. The summed E-state index contributed by atoms with van der Waals surface area (Å²) >= 11 is 0. The lowest BCUT2D eigenvalue weighted by Gasteiger charge is -2.11. The van der Waals surface area contributed by atoms with Crippen LogP contribution in [0.3, 0.4) is 0 Å². The first-order valence-corrected chi connectivity index (χ1v) is 7.40. The Hall–Kier alpha value is -3.50. The Morgan fingerprint density at radius 3 is 2.19 bits per heavy atom. The van der Waals surface area contributed by atoms with Crippen LogP contribution in [0.5, 0.6) is 0 Å². The predicted molar refractivity (Wildman–Crippen MR) is 87.2 cm³/mol. The van der Waals surface area contributed by atoms with Crippen LogP contribution in [0.25, 0.3) is 5.57 Å². The van der Waals surface area contributed by atoms with Crippen molar-refractivity contribution in [1.29, 1.82) is 0 Å². The second-order valence-electron chi connectivity index (χ2n) is 4.74. The Morgan fingerprint density at radius 1 is 1.08 bits per heavy atom. The van der Waals surface area contributed by atoms with Gasteiger partial charge in [0, 0.05) is 6.07 Å². The number of nitrogens with zero attached hydrogens (tertiary/aromatic N) is 2. The Labute approximate surface area is 147 Å². The highest BCUT2D eigenvalue weighted by Crippen LogP contribution is 2.32. The summed E-state index contributed by atoms with van der Waals surface area (Å²) in [5.41, 5.74) is -2.42. The molecule has 0 saturated carbocycles. The molecule has 11 nitrogen and oxygen atoms in total. The zero-order valence-corrected chi connectivity index (χ0v) is 14.0. The first-order chi connectivity index (χ1) is 12.2. The molecule has 1 N–H and O–H groups in total. The third-order valence-electron chi connectivity index (χ3n) is 3.04. The van der Waals surface area contributed by atoms with E-state index in [1.54, 1.807) is 0 Å². The number of carbonyl (C=O) groups excluding carboxylic acids is 2. The SMILES string of the molecule is CCOC(=O)C/C(O)=C(/C(=O)OCC)c1ccc([N+](=O)[O-])cc1[N+](=O)[O-]. The van der Waals surface area contributed by atoms with Crippen molar-refractivity contribution in [1.82, 2.24) is 0 Å². The molecular weight excluding hydrogens is 352 g/mol. The van der Waals surface area contributed by atoms with Gasteiger partial charge < -0.3 is 14.6 Å². The highest BCUT2D eigenvalue weighted by atomic mass is 16.6. The molecule has 0 amide bonds. The van der Waals surface area contributed by atoms with Crippen LogP contribution in [0, 0.1) is 20.2 Å². The van der Waals surface area contributed by atoms with Crippen LogP contribution in [-0.2, 0) is 19.1 Å². The van der Waals surface area contributed by atoms with Gasteiger partial charge in [-0.2, -0.15) is 0 Å². The molecule has 0 aromatic heterocycles. The number of nitro benzene ring substituents is 2. The van der Waals surface area contributed by atoms with Gasteiger partial charge in [-0.05, 0) is 19.9 Å². The maximum Gasteiger partial charge on any atom is 0.342 e. The van der Waals surface area contributed by atoms with Crippen LogP contribution in [0.15, 0.2) is 24.0 Å². The van der Waals surface area contributed by atoms with Crippen molar-refractivity contribution in [2.24, 2.45) is 0 Å². The van der Waals surface area contributed by atoms with Gasteiger partial charge in [0.05, 0.1) is 34.7 Å². The molecule has 26 heavy (non-hydrogen) atoms. The largest absolute Gasteiger partial charge is 0.511 e. The summed E-state index contributed by atoms with van der Waals surface area (Å²) in [6.07, 6.45) is -0.726. The highest BCUT2D eigenvalue weighted by molar-refractivity contribution is 6.18. The van der Waals surface area contributed by atoms with Crippen LogP contribution in [0.4, 0.5) is 11.4 Å². The number of esters is 2. The Bertz CT molecular complexity index is 770. The number of nitro groups is 2. The van der Waals surface area contributed by atoms with Crippen molar-refractivity contribution in [3.05, 3.63) is 49.8 Å². The fourth-order valence-corrected chi connectivity index (χ4v) is 2.02. The minimum atomic E-state index is -1.12. The molecule has 0 bridgehead atoms. The van der Waals surface area contributed by atoms with Gasteiger partial charge in [-0.25, -0.2) is 4.79 Å². The van der Waals surface area contributed by atoms with E-state index in [0.29, 0.717) is 6.07 Å². The molecule has 0 radical (unpaired) electrons. The summed E-state index contributed by atoms with van der Waals surface area (Å²) < 4.78 is 9.43. The van der Waals surface area contributed by atoms with Gasteiger partial charge in [0.25, 0.3) is 11.4 Å². The van der Waals surface area contributed by atoms with Gasteiger partial charge in [-0.1, -0.05) is 0 Å². The van der Waals surface area contributed by atoms with Crippen molar-refractivity contribution >= 4 is 28.9 Å². The molecule has 140 valence electrons. The lowest BCUT2D eigenvalue weighted by atomic mass is 10.0. The summed E-state index contributed by atoms with van der Waals surface area (Å²) in [7, 11) is 0. The second kappa shape index (κ2) is 9.11. The number of benzene rings is 1. The molecule has 0 heterocycles. The summed E-state index contributed by atoms with van der Waals surface area (Å²) in [5.74, 6) is -2.79. The number of ether oxygens (including phenoxy) is 2. The van der Waals surface area contributed by atoms with Crippen LogP contribution >= 0.6 is 0 Å². The molecule has 0 aliphatic carbocycles. The molecule has 0 unspecified atom stereocenters. The Balaban J connectivity index is 3.57. The van der Waals surface area contributed by atoms with Crippen molar-refractivity contribution < 1.29 is 34.0 Å². The number of non-ortho nitro benzene ring substituents is 1. The van der Waals surface area contributed by atoms with E-state index >= 15 is 0 Å². The summed E-state index contributed by atoms with van der Waals surface area (Å²) in [6, 6.07) is 2.51. The van der Waals surface area contributed by atoms with E-state index in [1.165, 1.54) is 13.8 Å². The Kier molecular flexibility index (Phi) is 7.20. The normalized spacial score (nSPS) is 11.3. The fraction of sp³-hybridized carbons (Fsp3) is 0.333. The molecule has 0 atom stereocenters. The van der Waals surface area contributed by atoms with Gasteiger partial charge in [0.1, 0.15) is 17.8 Å². The number of rotatable bonds is 8. The maximum atomic E-state index is 12.2. The minimum Gasteiger partial charge on any atom is -0.511 e. The number of hydrogen-bond acceptors (Lipinski definition) is 9. The van der Waals surface area contributed by atoms with E-state index in [9.17, 15) is 34.9 Å². The third kappa shape index (κ3) is 5.00. The van der Waals surface area contributed by atoms with Crippen molar-refractivity contribution in [3.63, 3.8) is 0 Å². The maximum absolute atomic E-state index is 12.2. The average Bonchev–Trinajstić information content (AvgIpc) is 2.55. The topological polar surface area (TPSA) is 159 Å². The fourth-order valence-electron chi connectivity index (χ4n) is 2.02. The molecule has 0 spiro atoms. The number of hydrogen-bond donors (Lipinski definition) is 1. The zero-order chi connectivity index (χ0) is 19.9. The zero-order valence-electron chi connectivity index (χ0n) is 14.0. The standard InChI is InChI=1S/C15H16N2O9/c1-3-25-13(19)8-12(18)14(15(20)26-4-2)10-6-5-9(16(21)22)7-11(10)17(23)24/h5-7,18H,3-4,8H2,1-2H3/b14-12-. The van der Waals surface area contributed by atoms with Gasteiger partial charge in [-0.15, -0.1) is 0 Å². The lowest BCUT2D eigenvalue weighted by Crippen LogP contribution is -2.14. The quantitative estimate of drug-likeness (QED) is 0.239. The smallest absolute Gasteiger partial charge is 0.342 e. The number of aliphatic hydroxyl groups excluding tert-OH is 1. The predicted octanol–water partition coefficient (Wildman–Crippen LogP) is 2.29.